The molecule has 7 nitrogen and oxygen atoms in total. The monoisotopic (exact) mass is 387 g/mol. The molecule has 4 aromatic rings. The zero-order valence-corrected chi connectivity index (χ0v) is 15.8. The molecule has 0 unspecified atom stereocenters. The molecule has 0 aliphatic carbocycles. The van der Waals surface area contributed by atoms with E-state index >= 15 is 0 Å². The van der Waals surface area contributed by atoms with Crippen molar-refractivity contribution < 1.29 is 4.74 Å². The van der Waals surface area contributed by atoms with E-state index in [0.29, 0.717) is 5.82 Å². The maximum absolute atomic E-state index is 12.4. The molecule has 0 atom stereocenters. The highest BCUT2D eigenvalue weighted by atomic mass is 16.5. The van der Waals surface area contributed by atoms with E-state index in [1.165, 1.54) is 5.69 Å². The van der Waals surface area contributed by atoms with Gasteiger partial charge < -0.3 is 19.9 Å². The van der Waals surface area contributed by atoms with Crippen LogP contribution in [0.1, 0.15) is 0 Å². The molecule has 2 N–H and O–H groups in total. The van der Waals surface area contributed by atoms with Crippen LogP contribution in [0.15, 0.2) is 71.7 Å². The molecule has 7 heteroatoms. The molecule has 29 heavy (non-hydrogen) atoms. The lowest BCUT2D eigenvalue weighted by Crippen LogP contribution is -2.36. The Morgan fingerprint density at radius 3 is 2.59 bits per heavy atom. The van der Waals surface area contributed by atoms with Crippen LogP contribution in [0.5, 0.6) is 0 Å². The number of para-hydroxylation sites is 2. The van der Waals surface area contributed by atoms with E-state index in [9.17, 15) is 4.79 Å². The third-order valence-corrected chi connectivity index (χ3v) is 5.11. The van der Waals surface area contributed by atoms with Crippen molar-refractivity contribution in [3.8, 4) is 5.69 Å². The molecular weight excluding hydrogens is 366 g/mol. The Morgan fingerprint density at radius 2 is 1.76 bits per heavy atom. The minimum atomic E-state index is -0.168. The zero-order chi connectivity index (χ0) is 19.6. The highest BCUT2D eigenvalue weighted by Crippen LogP contribution is 2.23. The van der Waals surface area contributed by atoms with Crippen molar-refractivity contribution in [1.29, 1.82) is 0 Å². The summed E-state index contributed by atoms with van der Waals surface area (Å²) in [5.41, 5.74) is 4.36. The molecule has 0 spiro atoms. The normalized spacial score (nSPS) is 14.3. The van der Waals surface area contributed by atoms with Gasteiger partial charge in [0.1, 0.15) is 5.82 Å². The van der Waals surface area contributed by atoms with E-state index in [0.717, 1.165) is 48.7 Å². The number of nitrogens with one attached hydrogen (secondary N) is 2. The van der Waals surface area contributed by atoms with Gasteiger partial charge in [0.2, 0.25) is 0 Å². The second-order valence-electron chi connectivity index (χ2n) is 6.95. The quantitative estimate of drug-likeness (QED) is 0.562. The lowest BCUT2D eigenvalue weighted by molar-refractivity contribution is 0.122. The Balaban J connectivity index is 1.40. The number of imidazole rings is 1. The van der Waals surface area contributed by atoms with E-state index < -0.39 is 0 Å². The maximum Gasteiger partial charge on any atom is 0.331 e. The van der Waals surface area contributed by atoms with Crippen molar-refractivity contribution >= 4 is 28.2 Å². The number of hydrogen-bond acceptors (Lipinski definition) is 5. The summed E-state index contributed by atoms with van der Waals surface area (Å²) < 4.78 is 7.07. The molecule has 0 bridgehead atoms. The number of rotatable bonds is 4. The van der Waals surface area contributed by atoms with E-state index in [1.807, 2.05) is 48.5 Å². The summed E-state index contributed by atoms with van der Waals surface area (Å²) in [5.74, 6) is 0.679. The molecular formula is C22H21N5O2. The highest BCUT2D eigenvalue weighted by Gasteiger charge is 2.11. The molecule has 5 rings (SSSR count). The van der Waals surface area contributed by atoms with E-state index in [4.69, 9.17) is 4.74 Å². The SMILES string of the molecule is O=c1[nH]c2ccccc2n1-c1ccnc(Nc2ccc(N3CCOCC3)cc2)c1. The van der Waals surface area contributed by atoms with Crippen LogP contribution in [0.3, 0.4) is 0 Å². The topological polar surface area (TPSA) is 75.2 Å². The Labute approximate surface area is 167 Å². The molecule has 2 aromatic heterocycles. The van der Waals surface area contributed by atoms with Crippen LogP contribution in [0.25, 0.3) is 16.7 Å². The lowest BCUT2D eigenvalue weighted by Gasteiger charge is -2.28. The van der Waals surface area contributed by atoms with Crippen molar-refractivity contribution in [2.45, 2.75) is 0 Å². The summed E-state index contributed by atoms with van der Waals surface area (Å²) in [7, 11) is 0. The number of morpholine rings is 1. The average molecular weight is 387 g/mol. The number of nitrogens with zero attached hydrogens (tertiary/aromatic N) is 3. The average Bonchev–Trinajstić information content (AvgIpc) is 3.11. The first-order chi connectivity index (χ1) is 14.3. The third kappa shape index (κ3) is 3.48. The summed E-state index contributed by atoms with van der Waals surface area (Å²) in [6.07, 6.45) is 1.70. The molecule has 1 aliphatic heterocycles. The van der Waals surface area contributed by atoms with Gasteiger partial charge in [0.15, 0.2) is 0 Å². The maximum atomic E-state index is 12.4. The van der Waals surface area contributed by atoms with Gasteiger partial charge >= 0.3 is 5.69 Å². The van der Waals surface area contributed by atoms with Crippen LogP contribution in [-0.2, 0) is 4.74 Å². The molecule has 0 radical (unpaired) electrons. The van der Waals surface area contributed by atoms with E-state index in [-0.39, 0.29) is 5.69 Å². The number of hydrogen-bond donors (Lipinski definition) is 2. The molecule has 1 fully saturated rings. The van der Waals surface area contributed by atoms with Gasteiger partial charge in [-0.25, -0.2) is 9.78 Å². The Kier molecular flexibility index (Phi) is 4.50. The van der Waals surface area contributed by atoms with Crippen LogP contribution in [0, 0.1) is 0 Å². The number of H-pyrrole nitrogens is 1. The van der Waals surface area contributed by atoms with Gasteiger partial charge in [0.05, 0.1) is 29.9 Å². The van der Waals surface area contributed by atoms with Crippen molar-refractivity contribution in [3.63, 3.8) is 0 Å². The second-order valence-corrected chi connectivity index (χ2v) is 6.95. The van der Waals surface area contributed by atoms with Crippen molar-refractivity contribution in [2.24, 2.45) is 0 Å². The Bertz CT molecular complexity index is 1190. The van der Waals surface area contributed by atoms with Crippen LogP contribution < -0.4 is 15.9 Å². The standard InChI is InChI=1S/C22H21N5O2/c28-22-25-19-3-1-2-4-20(19)27(22)18-9-10-23-21(15-18)24-16-5-7-17(8-6-16)26-11-13-29-14-12-26/h1-10,15H,11-14H2,(H,23,24)(H,25,28). The van der Waals surface area contributed by atoms with Crippen molar-refractivity contribution in [2.75, 3.05) is 36.5 Å². The first-order valence-corrected chi connectivity index (χ1v) is 9.64. The zero-order valence-electron chi connectivity index (χ0n) is 15.8. The highest BCUT2D eigenvalue weighted by molar-refractivity contribution is 5.77. The van der Waals surface area contributed by atoms with Crippen LogP contribution in [0.2, 0.25) is 0 Å². The first kappa shape index (κ1) is 17.5. The van der Waals surface area contributed by atoms with E-state index in [2.05, 4.69) is 32.3 Å². The minimum absolute atomic E-state index is 0.168. The van der Waals surface area contributed by atoms with Gasteiger partial charge in [-0.15, -0.1) is 0 Å². The predicted octanol–water partition coefficient (Wildman–Crippen LogP) is 3.29. The van der Waals surface area contributed by atoms with Gasteiger partial charge in [-0.2, -0.15) is 0 Å². The number of fused-ring (bicyclic) bond motifs is 1. The van der Waals surface area contributed by atoms with Crippen molar-refractivity contribution in [1.82, 2.24) is 14.5 Å². The molecule has 1 aliphatic rings. The summed E-state index contributed by atoms with van der Waals surface area (Å²) in [6, 6.07) is 19.6. The van der Waals surface area contributed by atoms with Gasteiger partial charge in [0, 0.05) is 36.7 Å². The molecule has 2 aromatic carbocycles. The summed E-state index contributed by atoms with van der Waals surface area (Å²) in [5, 5.41) is 3.32. The number of anilines is 3. The van der Waals surface area contributed by atoms with Gasteiger partial charge in [-0.05, 0) is 42.5 Å². The largest absolute Gasteiger partial charge is 0.378 e. The summed E-state index contributed by atoms with van der Waals surface area (Å²) >= 11 is 0. The molecule has 1 saturated heterocycles. The fraction of sp³-hybridized carbons (Fsp3) is 0.182. The van der Waals surface area contributed by atoms with E-state index in [1.54, 1.807) is 10.8 Å². The van der Waals surface area contributed by atoms with Crippen LogP contribution in [0.4, 0.5) is 17.2 Å². The molecule has 0 amide bonds. The number of aromatic amines is 1. The van der Waals surface area contributed by atoms with Gasteiger partial charge in [0.25, 0.3) is 0 Å². The molecule has 0 saturated carbocycles. The summed E-state index contributed by atoms with van der Waals surface area (Å²) in [4.78, 5) is 22.1. The van der Waals surface area contributed by atoms with Crippen LogP contribution >= 0.6 is 0 Å². The third-order valence-electron chi connectivity index (χ3n) is 5.11. The fourth-order valence-corrected chi connectivity index (χ4v) is 3.66. The van der Waals surface area contributed by atoms with Crippen molar-refractivity contribution in [3.05, 3.63) is 77.3 Å². The second kappa shape index (κ2) is 7.44. The molecule has 3 heterocycles. The van der Waals surface area contributed by atoms with Gasteiger partial charge in [-0.1, -0.05) is 12.1 Å². The molecule has 146 valence electrons. The Morgan fingerprint density at radius 1 is 0.966 bits per heavy atom. The fourth-order valence-electron chi connectivity index (χ4n) is 3.66. The smallest absolute Gasteiger partial charge is 0.331 e. The van der Waals surface area contributed by atoms with Gasteiger partial charge in [-0.3, -0.25) is 4.57 Å². The van der Waals surface area contributed by atoms with Crippen LogP contribution in [-0.4, -0.2) is 40.8 Å². The Hall–Kier alpha value is -3.58. The predicted molar refractivity (Wildman–Crippen MR) is 114 cm³/mol. The number of ether oxygens (including phenoxy) is 1. The minimum Gasteiger partial charge on any atom is -0.378 e. The number of pyridine rings is 1. The number of benzene rings is 2. The first-order valence-electron chi connectivity index (χ1n) is 9.64. The summed E-state index contributed by atoms with van der Waals surface area (Å²) in [6.45, 7) is 3.36. The lowest BCUT2D eigenvalue weighted by atomic mass is 10.2. The number of aromatic nitrogens is 3.